The third-order valence-electron chi connectivity index (χ3n) is 1.42. The Morgan fingerprint density at radius 3 is 2.90 bits per heavy atom. The number of aryl methyl sites for hydroxylation is 2. The monoisotopic (exact) mass is 138 g/mol. The van der Waals surface area contributed by atoms with Crippen molar-refractivity contribution in [2.24, 2.45) is 7.05 Å². The van der Waals surface area contributed by atoms with Crippen LogP contribution >= 0.6 is 0 Å². The van der Waals surface area contributed by atoms with Crippen molar-refractivity contribution >= 4 is 0 Å². The predicted octanol–water partition coefficient (Wildman–Crippen LogP) is 0.343. The zero-order chi connectivity index (χ0) is 7.56. The molecule has 0 unspecified atom stereocenters. The van der Waals surface area contributed by atoms with Crippen molar-refractivity contribution in [1.82, 2.24) is 9.55 Å². The van der Waals surface area contributed by atoms with Crippen molar-refractivity contribution in [2.45, 2.75) is 13.3 Å². The van der Waals surface area contributed by atoms with E-state index in [0.717, 1.165) is 0 Å². The summed E-state index contributed by atoms with van der Waals surface area (Å²) in [5.74, 6) is 0. The third kappa shape index (κ3) is 1.07. The molecule has 0 saturated carbocycles. The van der Waals surface area contributed by atoms with Crippen molar-refractivity contribution in [2.75, 3.05) is 0 Å². The van der Waals surface area contributed by atoms with Gasteiger partial charge in [0.05, 0.1) is 0 Å². The highest BCUT2D eigenvalue weighted by molar-refractivity contribution is 4.96. The molecule has 3 nitrogen and oxygen atoms in total. The lowest BCUT2D eigenvalue weighted by molar-refractivity contribution is 0.802. The molecular formula is C7H10N2O. The predicted molar refractivity (Wildman–Crippen MR) is 38.9 cm³/mol. The molecule has 1 rings (SSSR count). The maximum atomic E-state index is 11.1. The highest BCUT2D eigenvalue weighted by Crippen LogP contribution is 1.83. The Morgan fingerprint density at radius 1 is 1.70 bits per heavy atom. The van der Waals surface area contributed by atoms with Crippen LogP contribution in [0.25, 0.3) is 0 Å². The number of hydrogen-bond donors (Lipinski definition) is 0. The molecular weight excluding hydrogens is 128 g/mol. The van der Waals surface area contributed by atoms with Crippen LogP contribution < -0.4 is 5.56 Å². The summed E-state index contributed by atoms with van der Waals surface area (Å²) in [6.45, 7) is 1.92. The highest BCUT2D eigenvalue weighted by Gasteiger charge is 1.96. The van der Waals surface area contributed by atoms with Crippen LogP contribution in [0.1, 0.15) is 12.6 Å². The van der Waals surface area contributed by atoms with Gasteiger partial charge in [0.2, 0.25) is 0 Å². The van der Waals surface area contributed by atoms with Gasteiger partial charge in [-0.2, -0.15) is 0 Å². The fourth-order valence-electron chi connectivity index (χ4n) is 0.792. The fourth-order valence-corrected chi connectivity index (χ4v) is 0.792. The van der Waals surface area contributed by atoms with Crippen LogP contribution in [0.2, 0.25) is 0 Å². The molecule has 0 aliphatic heterocycles. The Labute approximate surface area is 59.3 Å². The zero-order valence-electron chi connectivity index (χ0n) is 6.16. The minimum Gasteiger partial charge on any atom is -0.315 e. The van der Waals surface area contributed by atoms with E-state index in [1.807, 2.05) is 6.92 Å². The molecule has 0 saturated heterocycles. The first-order chi connectivity index (χ1) is 4.75. The molecule has 1 aromatic heterocycles. The Balaban J connectivity index is 3.28. The zero-order valence-corrected chi connectivity index (χ0v) is 6.16. The van der Waals surface area contributed by atoms with E-state index in [2.05, 4.69) is 4.98 Å². The first kappa shape index (κ1) is 6.99. The summed E-state index contributed by atoms with van der Waals surface area (Å²) < 4.78 is 1.53. The molecule has 0 aliphatic rings. The molecule has 0 aromatic carbocycles. The van der Waals surface area contributed by atoms with Gasteiger partial charge in [-0.1, -0.05) is 6.92 Å². The van der Waals surface area contributed by atoms with E-state index >= 15 is 0 Å². The van der Waals surface area contributed by atoms with Gasteiger partial charge in [-0.05, 0) is 6.42 Å². The number of rotatable bonds is 1. The smallest absolute Gasteiger partial charge is 0.271 e. The van der Waals surface area contributed by atoms with Gasteiger partial charge in [0.15, 0.2) is 0 Å². The maximum Gasteiger partial charge on any atom is 0.271 e. The lowest BCUT2D eigenvalue weighted by Crippen LogP contribution is -2.21. The molecule has 0 aliphatic carbocycles. The topological polar surface area (TPSA) is 34.9 Å². The van der Waals surface area contributed by atoms with Crippen LogP contribution in [0, 0.1) is 0 Å². The second-order valence-corrected chi connectivity index (χ2v) is 2.14. The minimum atomic E-state index is 0.00463. The number of aromatic nitrogens is 2. The van der Waals surface area contributed by atoms with Crippen LogP contribution in [0.4, 0.5) is 0 Å². The molecule has 0 fully saturated rings. The maximum absolute atomic E-state index is 11.1. The average Bonchev–Trinajstić information content (AvgIpc) is 1.95. The molecule has 0 bridgehead atoms. The molecule has 54 valence electrons. The third-order valence-corrected chi connectivity index (χ3v) is 1.42. The first-order valence-electron chi connectivity index (χ1n) is 3.26. The summed E-state index contributed by atoms with van der Waals surface area (Å²) in [7, 11) is 1.73. The largest absolute Gasteiger partial charge is 0.315 e. The SMILES string of the molecule is CCc1nccn(C)c1=O. The average molecular weight is 138 g/mol. The summed E-state index contributed by atoms with van der Waals surface area (Å²) in [6.07, 6.45) is 4.00. The summed E-state index contributed by atoms with van der Waals surface area (Å²) in [5.41, 5.74) is 0.634. The summed E-state index contributed by atoms with van der Waals surface area (Å²) in [6, 6.07) is 0. The van der Waals surface area contributed by atoms with Crippen LogP contribution in [0.15, 0.2) is 17.2 Å². The second-order valence-electron chi connectivity index (χ2n) is 2.14. The van der Waals surface area contributed by atoms with E-state index in [4.69, 9.17) is 0 Å². The van der Waals surface area contributed by atoms with Gasteiger partial charge < -0.3 is 4.57 Å². The van der Waals surface area contributed by atoms with E-state index < -0.39 is 0 Å². The van der Waals surface area contributed by atoms with Gasteiger partial charge in [-0.25, -0.2) is 0 Å². The summed E-state index contributed by atoms with van der Waals surface area (Å²) >= 11 is 0. The molecule has 0 N–H and O–H groups in total. The van der Waals surface area contributed by atoms with E-state index in [0.29, 0.717) is 12.1 Å². The molecule has 0 spiro atoms. The fraction of sp³-hybridized carbons (Fsp3) is 0.429. The number of nitrogens with zero attached hydrogens (tertiary/aromatic N) is 2. The molecule has 0 radical (unpaired) electrons. The Bertz CT molecular complexity index is 277. The Kier molecular flexibility index (Phi) is 1.85. The highest BCUT2D eigenvalue weighted by atomic mass is 16.1. The lowest BCUT2D eigenvalue weighted by atomic mass is 10.3. The second kappa shape index (κ2) is 2.64. The van der Waals surface area contributed by atoms with Crippen molar-refractivity contribution in [3.05, 3.63) is 28.4 Å². The molecule has 1 aromatic rings. The van der Waals surface area contributed by atoms with E-state index in [1.165, 1.54) is 4.57 Å². The minimum absolute atomic E-state index is 0.00463. The van der Waals surface area contributed by atoms with Crippen molar-refractivity contribution in [1.29, 1.82) is 0 Å². The number of hydrogen-bond acceptors (Lipinski definition) is 2. The molecule has 1 heterocycles. The van der Waals surface area contributed by atoms with Crippen LogP contribution in [-0.4, -0.2) is 9.55 Å². The van der Waals surface area contributed by atoms with E-state index in [-0.39, 0.29) is 5.56 Å². The van der Waals surface area contributed by atoms with Gasteiger partial charge in [-0.15, -0.1) is 0 Å². The Hall–Kier alpha value is -1.12. The van der Waals surface area contributed by atoms with E-state index in [1.54, 1.807) is 19.4 Å². The van der Waals surface area contributed by atoms with E-state index in [9.17, 15) is 4.79 Å². The van der Waals surface area contributed by atoms with Crippen LogP contribution in [0.5, 0.6) is 0 Å². The van der Waals surface area contributed by atoms with Crippen LogP contribution in [0.3, 0.4) is 0 Å². The van der Waals surface area contributed by atoms with Gasteiger partial charge >= 0.3 is 0 Å². The normalized spacial score (nSPS) is 9.80. The van der Waals surface area contributed by atoms with Gasteiger partial charge in [0.25, 0.3) is 5.56 Å². The summed E-state index contributed by atoms with van der Waals surface area (Å²) in [4.78, 5) is 15.0. The Morgan fingerprint density at radius 2 is 2.40 bits per heavy atom. The molecule has 10 heavy (non-hydrogen) atoms. The first-order valence-corrected chi connectivity index (χ1v) is 3.26. The van der Waals surface area contributed by atoms with Gasteiger partial charge in [-0.3, -0.25) is 9.78 Å². The van der Waals surface area contributed by atoms with Crippen molar-refractivity contribution < 1.29 is 0 Å². The lowest BCUT2D eigenvalue weighted by Gasteiger charge is -1.96. The molecule has 0 atom stereocenters. The van der Waals surface area contributed by atoms with Gasteiger partial charge in [0.1, 0.15) is 5.69 Å². The van der Waals surface area contributed by atoms with Crippen molar-refractivity contribution in [3.63, 3.8) is 0 Å². The van der Waals surface area contributed by atoms with Crippen LogP contribution in [-0.2, 0) is 13.5 Å². The van der Waals surface area contributed by atoms with Gasteiger partial charge in [0, 0.05) is 19.4 Å². The van der Waals surface area contributed by atoms with Crippen molar-refractivity contribution in [3.8, 4) is 0 Å². The summed E-state index contributed by atoms with van der Waals surface area (Å²) in [5, 5.41) is 0. The standard InChI is InChI=1S/C7H10N2O/c1-3-6-7(10)9(2)5-4-8-6/h4-5H,3H2,1-2H3. The molecule has 3 heteroatoms. The quantitative estimate of drug-likeness (QED) is 0.561. The molecule has 0 amide bonds.